The Bertz CT molecular complexity index is 1210. The first-order valence-corrected chi connectivity index (χ1v) is 9.78. The molecule has 2 saturated heterocycles. The quantitative estimate of drug-likeness (QED) is 0.461. The zero-order valence-corrected chi connectivity index (χ0v) is 16.5. The summed E-state index contributed by atoms with van der Waals surface area (Å²) in [5.74, 6) is -3.34. The number of benzene rings is 2. The minimum atomic E-state index is -0.959. The third-order valence-electron chi connectivity index (χ3n) is 6.39. The first-order valence-electron chi connectivity index (χ1n) is 9.78. The molecule has 3 heterocycles. The highest BCUT2D eigenvalue weighted by Gasteiger charge is 2.64. The van der Waals surface area contributed by atoms with E-state index in [0.29, 0.717) is 5.56 Å². The van der Waals surface area contributed by atoms with Gasteiger partial charge in [0.25, 0.3) is 5.69 Å². The molecule has 0 aromatic heterocycles. The lowest BCUT2D eigenvalue weighted by atomic mass is 9.84. The Morgan fingerprint density at radius 2 is 1.81 bits per heavy atom. The Hall–Kier alpha value is -4.01. The summed E-state index contributed by atoms with van der Waals surface area (Å²) in [7, 11) is 0. The molecular weight excluding hydrogens is 400 g/mol. The van der Waals surface area contributed by atoms with Crippen LogP contribution in [0.25, 0.3) is 6.08 Å². The highest BCUT2D eigenvalue weighted by molar-refractivity contribution is 6.24. The van der Waals surface area contributed by atoms with E-state index in [1.807, 2.05) is 30.3 Å². The minimum Gasteiger partial charge on any atom is -0.368 e. The van der Waals surface area contributed by atoms with Gasteiger partial charge < -0.3 is 10.6 Å². The normalized spacial score (nSPS) is 26.0. The van der Waals surface area contributed by atoms with Gasteiger partial charge in [0.2, 0.25) is 17.7 Å². The number of nitrogens with two attached hydrogens (primary N) is 1. The van der Waals surface area contributed by atoms with Crippen LogP contribution in [0, 0.1) is 28.9 Å². The lowest BCUT2D eigenvalue weighted by Crippen LogP contribution is -2.47. The van der Waals surface area contributed by atoms with E-state index in [1.165, 1.54) is 18.2 Å². The van der Waals surface area contributed by atoms with Crippen LogP contribution in [0.3, 0.4) is 0 Å². The number of rotatable bonds is 3. The molecule has 9 nitrogen and oxygen atoms in total. The lowest BCUT2D eigenvalue weighted by Gasteiger charge is -2.34. The van der Waals surface area contributed by atoms with Crippen molar-refractivity contribution in [2.45, 2.75) is 19.0 Å². The largest absolute Gasteiger partial charge is 0.368 e. The molecule has 2 aromatic carbocycles. The maximum Gasteiger partial charge on any atom is 0.269 e. The second-order valence-electron chi connectivity index (χ2n) is 7.98. The van der Waals surface area contributed by atoms with Crippen molar-refractivity contribution in [3.05, 3.63) is 75.5 Å². The molecule has 31 heavy (non-hydrogen) atoms. The van der Waals surface area contributed by atoms with Crippen molar-refractivity contribution in [3.63, 3.8) is 0 Å². The van der Waals surface area contributed by atoms with Gasteiger partial charge in [0.15, 0.2) is 0 Å². The highest BCUT2D eigenvalue weighted by atomic mass is 16.6. The van der Waals surface area contributed by atoms with E-state index in [-0.39, 0.29) is 11.4 Å². The van der Waals surface area contributed by atoms with Crippen LogP contribution in [-0.4, -0.2) is 33.6 Å². The Morgan fingerprint density at radius 3 is 2.48 bits per heavy atom. The third-order valence-corrected chi connectivity index (χ3v) is 6.39. The number of hydrogen-bond donors (Lipinski definition) is 1. The molecule has 0 saturated carbocycles. The van der Waals surface area contributed by atoms with Crippen LogP contribution in [0.1, 0.15) is 22.7 Å². The molecule has 3 aliphatic rings. The molecule has 9 heteroatoms. The number of primary amides is 1. The second kappa shape index (κ2) is 6.49. The predicted octanol–water partition coefficient (Wildman–Crippen LogP) is 1.90. The minimum absolute atomic E-state index is 0.131. The second-order valence-corrected chi connectivity index (χ2v) is 7.98. The molecule has 0 bridgehead atoms. The van der Waals surface area contributed by atoms with Crippen molar-refractivity contribution in [2.75, 3.05) is 4.90 Å². The van der Waals surface area contributed by atoms with Crippen molar-refractivity contribution in [1.29, 1.82) is 0 Å². The van der Waals surface area contributed by atoms with Crippen LogP contribution in [0.4, 0.5) is 11.4 Å². The molecular formula is C22H18N4O5. The number of nitro benzene ring substituents is 1. The van der Waals surface area contributed by atoms with Crippen molar-refractivity contribution >= 4 is 35.2 Å². The maximum absolute atomic E-state index is 13.6. The van der Waals surface area contributed by atoms with Crippen LogP contribution < -0.4 is 10.6 Å². The summed E-state index contributed by atoms with van der Waals surface area (Å²) < 4.78 is 0. The standard InChI is InChI=1S/C22H18N4O5/c1-11-10-13(26(30)31)6-7-15(11)25-21(28)16-17(22(25)29)19(20(23)27)24-9-8-12-4-2-3-5-14(12)18(16)24/h2-10,16-19H,1H3,(H2,23,27)/t16-,17+,18?,19-/m0/s1. The summed E-state index contributed by atoms with van der Waals surface area (Å²) in [5.41, 5.74) is 8.03. The summed E-state index contributed by atoms with van der Waals surface area (Å²) >= 11 is 0. The average molecular weight is 418 g/mol. The molecule has 0 aliphatic carbocycles. The Morgan fingerprint density at radius 1 is 1.10 bits per heavy atom. The van der Waals surface area contributed by atoms with E-state index < -0.39 is 46.6 Å². The van der Waals surface area contributed by atoms with Crippen LogP contribution in [-0.2, 0) is 14.4 Å². The zero-order chi connectivity index (χ0) is 22.0. The van der Waals surface area contributed by atoms with Crippen LogP contribution in [0.5, 0.6) is 0 Å². The van der Waals surface area contributed by atoms with Gasteiger partial charge in [-0.2, -0.15) is 0 Å². The predicted molar refractivity (Wildman–Crippen MR) is 110 cm³/mol. The number of fused-ring (bicyclic) bond motifs is 5. The fourth-order valence-electron chi connectivity index (χ4n) is 5.12. The lowest BCUT2D eigenvalue weighted by molar-refractivity contribution is -0.384. The summed E-state index contributed by atoms with van der Waals surface area (Å²) in [6.45, 7) is 1.60. The summed E-state index contributed by atoms with van der Waals surface area (Å²) in [4.78, 5) is 52.7. The molecule has 0 radical (unpaired) electrons. The van der Waals surface area contributed by atoms with Gasteiger partial charge in [-0.15, -0.1) is 0 Å². The van der Waals surface area contributed by atoms with Gasteiger partial charge in [0.05, 0.1) is 28.5 Å². The monoisotopic (exact) mass is 418 g/mol. The molecule has 4 atom stereocenters. The van der Waals surface area contributed by atoms with E-state index in [9.17, 15) is 24.5 Å². The number of aryl methyl sites for hydroxylation is 1. The maximum atomic E-state index is 13.6. The van der Waals surface area contributed by atoms with Gasteiger partial charge in [-0.1, -0.05) is 24.3 Å². The van der Waals surface area contributed by atoms with Gasteiger partial charge in [0, 0.05) is 18.3 Å². The number of amides is 3. The van der Waals surface area contributed by atoms with E-state index in [0.717, 1.165) is 16.0 Å². The summed E-state index contributed by atoms with van der Waals surface area (Å²) in [6, 6.07) is 10.0. The van der Waals surface area contributed by atoms with Crippen molar-refractivity contribution < 1.29 is 19.3 Å². The topological polar surface area (TPSA) is 127 Å². The number of nitro groups is 1. The van der Waals surface area contributed by atoms with Gasteiger partial charge in [-0.25, -0.2) is 4.90 Å². The fourth-order valence-corrected chi connectivity index (χ4v) is 5.12. The smallest absolute Gasteiger partial charge is 0.269 e. The Labute approximate surface area is 176 Å². The number of carbonyl (C=O) groups is 3. The van der Waals surface area contributed by atoms with Crippen LogP contribution in [0.2, 0.25) is 0 Å². The van der Waals surface area contributed by atoms with Crippen molar-refractivity contribution in [1.82, 2.24) is 4.90 Å². The van der Waals surface area contributed by atoms with Crippen molar-refractivity contribution in [2.24, 2.45) is 17.6 Å². The van der Waals surface area contributed by atoms with Gasteiger partial charge in [0.1, 0.15) is 6.04 Å². The summed E-state index contributed by atoms with van der Waals surface area (Å²) in [6.07, 6.45) is 3.57. The molecule has 156 valence electrons. The number of nitrogens with zero attached hydrogens (tertiary/aromatic N) is 3. The van der Waals surface area contributed by atoms with E-state index in [4.69, 9.17) is 5.73 Å². The van der Waals surface area contributed by atoms with Gasteiger partial charge in [-0.05, 0) is 35.8 Å². The van der Waals surface area contributed by atoms with Crippen LogP contribution in [0.15, 0.2) is 48.7 Å². The SMILES string of the molecule is Cc1cc([N+](=O)[O-])ccc1N1C(=O)[C@@H]2[C@H](C1=O)C1c3ccccc3C=CN1[C@@H]2C(N)=O. The molecule has 5 rings (SSSR count). The van der Waals surface area contributed by atoms with Crippen molar-refractivity contribution in [3.8, 4) is 0 Å². The average Bonchev–Trinajstić information content (AvgIpc) is 3.21. The Balaban J connectivity index is 1.63. The summed E-state index contributed by atoms with van der Waals surface area (Å²) in [5, 5.41) is 11.1. The number of imide groups is 1. The molecule has 3 aliphatic heterocycles. The molecule has 3 amide bonds. The highest BCUT2D eigenvalue weighted by Crippen LogP contribution is 2.53. The number of carbonyl (C=O) groups excluding carboxylic acids is 3. The molecule has 0 spiro atoms. The molecule has 2 N–H and O–H groups in total. The van der Waals surface area contributed by atoms with Gasteiger partial charge >= 0.3 is 0 Å². The van der Waals surface area contributed by atoms with E-state index in [2.05, 4.69) is 0 Å². The van der Waals surface area contributed by atoms with E-state index >= 15 is 0 Å². The number of non-ortho nitro benzene ring substituents is 1. The molecule has 2 fully saturated rings. The van der Waals surface area contributed by atoms with Crippen LogP contribution >= 0.6 is 0 Å². The third kappa shape index (κ3) is 2.52. The zero-order valence-electron chi connectivity index (χ0n) is 16.5. The first kappa shape index (κ1) is 19.0. The molecule has 2 aromatic rings. The number of anilines is 1. The molecule has 1 unspecified atom stereocenters. The van der Waals surface area contributed by atoms with E-state index in [1.54, 1.807) is 18.0 Å². The number of hydrogen-bond acceptors (Lipinski definition) is 6. The van der Waals surface area contributed by atoms with Gasteiger partial charge in [-0.3, -0.25) is 24.5 Å². The fraction of sp³-hybridized carbons (Fsp3) is 0.227. The Kier molecular flexibility index (Phi) is 3.98. The first-order chi connectivity index (χ1) is 14.8.